The summed E-state index contributed by atoms with van der Waals surface area (Å²) in [5, 5.41) is 0. The zero-order valence-electron chi connectivity index (χ0n) is 15.0. The molecule has 0 aromatic heterocycles. The molecule has 24 heavy (non-hydrogen) atoms. The molecule has 2 atom stereocenters. The average molecular weight is 327 g/mol. The van der Waals surface area contributed by atoms with Gasteiger partial charge in [-0.1, -0.05) is 24.3 Å². The summed E-state index contributed by atoms with van der Waals surface area (Å²) < 4.78 is 0. The summed E-state index contributed by atoms with van der Waals surface area (Å²) in [7, 11) is 2.18. The predicted octanol–water partition coefficient (Wildman–Crippen LogP) is 2.30. The van der Waals surface area contributed by atoms with Crippen LogP contribution in [0.4, 0.5) is 0 Å². The van der Waals surface area contributed by atoms with Crippen molar-refractivity contribution in [2.24, 2.45) is 0 Å². The Morgan fingerprint density at radius 3 is 2.67 bits per heavy atom. The van der Waals surface area contributed by atoms with Crippen molar-refractivity contribution in [1.29, 1.82) is 0 Å². The fourth-order valence-corrected chi connectivity index (χ4v) is 5.01. The van der Waals surface area contributed by atoms with Crippen molar-refractivity contribution in [2.75, 3.05) is 39.8 Å². The number of carbonyl (C=O) groups is 1. The molecule has 2 heterocycles. The summed E-state index contributed by atoms with van der Waals surface area (Å²) in [5.41, 5.74) is 2.48. The van der Waals surface area contributed by atoms with Crippen molar-refractivity contribution in [3.05, 3.63) is 35.4 Å². The highest BCUT2D eigenvalue weighted by atomic mass is 16.2. The number of aryl methyl sites for hydroxylation is 1. The summed E-state index contributed by atoms with van der Waals surface area (Å²) in [5.74, 6) is 0.411. The molecule has 0 radical (unpaired) electrons. The lowest BCUT2D eigenvalue weighted by Gasteiger charge is -2.53. The number of hydrogen-bond acceptors (Lipinski definition) is 3. The van der Waals surface area contributed by atoms with Gasteiger partial charge in [-0.2, -0.15) is 0 Å². The van der Waals surface area contributed by atoms with Crippen LogP contribution in [0.1, 0.15) is 43.2 Å². The van der Waals surface area contributed by atoms with Crippen LogP contribution in [-0.2, 0) is 11.2 Å². The number of benzene rings is 1. The van der Waals surface area contributed by atoms with Gasteiger partial charge in [-0.25, -0.2) is 0 Å². The van der Waals surface area contributed by atoms with Crippen LogP contribution in [0.15, 0.2) is 24.3 Å². The number of likely N-dealkylation sites (N-methyl/N-ethyl adjacent to an activating group) is 1. The Kier molecular flexibility index (Phi) is 4.13. The first-order valence-corrected chi connectivity index (χ1v) is 9.42. The molecular formula is C20H29N3O. The molecule has 0 N–H and O–H groups in total. The van der Waals surface area contributed by atoms with Crippen LogP contribution in [0.3, 0.4) is 0 Å². The van der Waals surface area contributed by atoms with Crippen LogP contribution in [0.5, 0.6) is 0 Å². The van der Waals surface area contributed by atoms with Crippen LogP contribution in [0.25, 0.3) is 0 Å². The van der Waals surface area contributed by atoms with E-state index in [-0.39, 0.29) is 11.6 Å². The van der Waals surface area contributed by atoms with Gasteiger partial charge < -0.3 is 9.80 Å². The maximum Gasteiger partial charge on any atom is 0.231 e. The topological polar surface area (TPSA) is 26.8 Å². The highest BCUT2D eigenvalue weighted by Crippen LogP contribution is 2.38. The quantitative estimate of drug-likeness (QED) is 0.834. The van der Waals surface area contributed by atoms with Gasteiger partial charge in [0.05, 0.1) is 5.92 Å². The highest BCUT2D eigenvalue weighted by Gasteiger charge is 2.47. The second-order valence-corrected chi connectivity index (χ2v) is 7.93. The van der Waals surface area contributed by atoms with Gasteiger partial charge in [0.25, 0.3) is 0 Å². The third kappa shape index (κ3) is 2.56. The lowest BCUT2D eigenvalue weighted by molar-refractivity contribution is -0.155. The van der Waals surface area contributed by atoms with Gasteiger partial charge in [0.1, 0.15) is 5.66 Å². The fourth-order valence-electron chi connectivity index (χ4n) is 5.01. The first-order chi connectivity index (χ1) is 11.6. The number of amides is 1. The summed E-state index contributed by atoms with van der Waals surface area (Å²) in [6.07, 6.45) is 4.53. The van der Waals surface area contributed by atoms with E-state index in [4.69, 9.17) is 0 Å². The summed E-state index contributed by atoms with van der Waals surface area (Å²) in [4.78, 5) is 20.7. The first-order valence-electron chi connectivity index (χ1n) is 9.42. The van der Waals surface area contributed by atoms with Crippen LogP contribution in [0, 0.1) is 0 Å². The Hall–Kier alpha value is -1.39. The van der Waals surface area contributed by atoms with E-state index in [1.165, 1.54) is 24.0 Å². The fraction of sp³-hybridized carbons (Fsp3) is 0.650. The number of hydrogen-bond donors (Lipinski definition) is 0. The van der Waals surface area contributed by atoms with Gasteiger partial charge in [-0.3, -0.25) is 9.69 Å². The second kappa shape index (κ2) is 6.16. The van der Waals surface area contributed by atoms with Crippen LogP contribution < -0.4 is 0 Å². The smallest absolute Gasteiger partial charge is 0.231 e. The number of nitrogens with zero attached hydrogens (tertiary/aromatic N) is 3. The molecule has 1 amide bonds. The molecule has 130 valence electrons. The number of piperazine rings is 1. The number of likely N-dealkylation sites (tertiary alicyclic amines) is 1. The van der Waals surface area contributed by atoms with Crippen LogP contribution in [-0.4, -0.2) is 66.0 Å². The minimum Gasteiger partial charge on any atom is -0.321 e. The molecule has 1 aliphatic carbocycles. The molecule has 4 heteroatoms. The van der Waals surface area contributed by atoms with Crippen molar-refractivity contribution >= 4 is 5.91 Å². The van der Waals surface area contributed by atoms with Gasteiger partial charge in [-0.05, 0) is 50.8 Å². The van der Waals surface area contributed by atoms with Gasteiger partial charge in [0, 0.05) is 32.7 Å². The van der Waals surface area contributed by atoms with E-state index in [2.05, 4.69) is 52.9 Å². The Labute approximate surface area is 145 Å². The monoisotopic (exact) mass is 327 g/mol. The Bertz CT molecular complexity index is 625. The molecule has 3 aliphatic rings. The molecule has 0 spiro atoms. The van der Waals surface area contributed by atoms with Crippen LogP contribution >= 0.6 is 0 Å². The molecule has 4 nitrogen and oxygen atoms in total. The lowest BCUT2D eigenvalue weighted by Crippen LogP contribution is -2.69. The first kappa shape index (κ1) is 16.1. The number of rotatable bonds is 2. The second-order valence-electron chi connectivity index (χ2n) is 7.93. The van der Waals surface area contributed by atoms with Crippen molar-refractivity contribution < 1.29 is 4.79 Å². The van der Waals surface area contributed by atoms with E-state index in [1.54, 1.807) is 0 Å². The highest BCUT2D eigenvalue weighted by molar-refractivity contribution is 5.85. The SMILES string of the molecule is CN1CCN(C(=O)C2CCc3ccccc32)C(C)(N2CCCC2)C1. The average Bonchev–Trinajstić information content (AvgIpc) is 3.24. The summed E-state index contributed by atoms with van der Waals surface area (Å²) in [6, 6.07) is 8.52. The van der Waals surface area contributed by atoms with E-state index in [0.29, 0.717) is 5.91 Å². The largest absolute Gasteiger partial charge is 0.321 e. The third-order valence-electron chi connectivity index (χ3n) is 6.34. The maximum absolute atomic E-state index is 13.5. The standard InChI is InChI=1S/C20H29N3O/c1-20(22-11-5-6-12-22)15-21(2)13-14-23(20)19(24)18-10-9-16-7-3-4-8-17(16)18/h3-4,7-8,18H,5-6,9-15H2,1-2H3. The maximum atomic E-state index is 13.5. The van der Waals surface area contributed by atoms with Crippen molar-refractivity contribution in [2.45, 2.75) is 44.2 Å². The predicted molar refractivity (Wildman–Crippen MR) is 95.9 cm³/mol. The normalized spacial score (nSPS) is 31.4. The van der Waals surface area contributed by atoms with E-state index < -0.39 is 0 Å². The van der Waals surface area contributed by atoms with Crippen molar-refractivity contribution in [3.63, 3.8) is 0 Å². The molecule has 1 aromatic carbocycles. The Balaban J connectivity index is 1.62. The zero-order valence-corrected chi connectivity index (χ0v) is 15.0. The molecule has 1 aromatic rings. The van der Waals surface area contributed by atoms with Gasteiger partial charge in [-0.15, -0.1) is 0 Å². The summed E-state index contributed by atoms with van der Waals surface area (Å²) >= 11 is 0. The number of carbonyl (C=O) groups excluding carboxylic acids is 1. The molecule has 2 unspecified atom stereocenters. The van der Waals surface area contributed by atoms with Crippen molar-refractivity contribution in [3.8, 4) is 0 Å². The van der Waals surface area contributed by atoms with E-state index in [9.17, 15) is 4.79 Å². The van der Waals surface area contributed by atoms with Crippen LogP contribution in [0.2, 0.25) is 0 Å². The molecular weight excluding hydrogens is 298 g/mol. The minimum atomic E-state index is -0.155. The minimum absolute atomic E-state index is 0.0616. The molecule has 2 aliphatic heterocycles. The van der Waals surface area contributed by atoms with E-state index in [1.807, 2.05) is 0 Å². The van der Waals surface area contributed by atoms with E-state index >= 15 is 0 Å². The number of fused-ring (bicyclic) bond motifs is 1. The third-order valence-corrected chi connectivity index (χ3v) is 6.34. The molecule has 0 bridgehead atoms. The molecule has 2 saturated heterocycles. The van der Waals surface area contributed by atoms with Gasteiger partial charge in [0.2, 0.25) is 5.91 Å². The summed E-state index contributed by atoms with van der Waals surface area (Å²) in [6.45, 7) is 7.30. The van der Waals surface area contributed by atoms with E-state index in [0.717, 1.165) is 45.6 Å². The Morgan fingerprint density at radius 2 is 1.88 bits per heavy atom. The molecule has 4 rings (SSSR count). The van der Waals surface area contributed by atoms with Crippen molar-refractivity contribution in [1.82, 2.24) is 14.7 Å². The van der Waals surface area contributed by atoms with Gasteiger partial charge in [0.15, 0.2) is 0 Å². The molecule has 2 fully saturated rings. The zero-order chi connectivity index (χ0) is 16.7. The van der Waals surface area contributed by atoms with Gasteiger partial charge >= 0.3 is 0 Å². The Morgan fingerprint density at radius 1 is 1.12 bits per heavy atom. The lowest BCUT2D eigenvalue weighted by atomic mass is 9.96. The molecule has 0 saturated carbocycles.